The van der Waals surface area contributed by atoms with Crippen LogP contribution in [0.4, 0.5) is 0 Å². The fraction of sp³-hybridized carbons (Fsp3) is 0.667. The third-order valence-electron chi connectivity index (χ3n) is 1.06. The van der Waals surface area contributed by atoms with Gasteiger partial charge in [-0.25, -0.2) is 0 Å². The quantitative estimate of drug-likeness (QED) is 0.526. The predicted octanol–water partition coefficient (Wildman–Crippen LogP) is 2.48. The van der Waals surface area contributed by atoms with Gasteiger partial charge in [0.1, 0.15) is 0 Å². The first-order chi connectivity index (χ1) is 3.31. The van der Waals surface area contributed by atoms with E-state index < -0.39 is 0 Å². The highest BCUT2D eigenvalue weighted by Gasteiger charge is 1.86. The summed E-state index contributed by atoms with van der Waals surface area (Å²) in [4.78, 5) is 0. The second kappa shape index (κ2) is 4.25. The summed E-state index contributed by atoms with van der Waals surface area (Å²) in [6, 6.07) is 0. The molecule has 0 spiro atoms. The summed E-state index contributed by atoms with van der Waals surface area (Å²) in [7, 11) is 0. The van der Waals surface area contributed by atoms with E-state index in [1.54, 1.807) is 5.41 Å². The van der Waals surface area contributed by atoms with Gasteiger partial charge >= 0.3 is 0 Å². The molecule has 0 radical (unpaired) electrons. The molecule has 0 saturated heterocycles. The molecule has 0 nitrogen and oxygen atoms in total. The van der Waals surface area contributed by atoms with Gasteiger partial charge in [0.15, 0.2) is 0 Å². The van der Waals surface area contributed by atoms with E-state index >= 15 is 0 Å². The van der Waals surface area contributed by atoms with Crippen LogP contribution >= 0.6 is 12.6 Å². The molecule has 0 aliphatic heterocycles. The van der Waals surface area contributed by atoms with Crippen LogP contribution in [0, 0.1) is 5.92 Å². The Hall–Kier alpha value is 0.0900. The molecule has 0 saturated carbocycles. The summed E-state index contributed by atoms with van der Waals surface area (Å²) in [5.74, 6) is 0.692. The van der Waals surface area contributed by atoms with Crippen LogP contribution in [0.3, 0.4) is 0 Å². The minimum absolute atomic E-state index is 0.692. The molecule has 0 heterocycles. The highest BCUT2D eigenvalue weighted by Crippen LogP contribution is 2.01. The lowest BCUT2D eigenvalue weighted by Gasteiger charge is -1.95. The minimum atomic E-state index is 0.692. The largest absolute Gasteiger partial charge is 0.152 e. The molecule has 0 rings (SSSR count). The molecule has 1 atom stereocenters. The monoisotopic (exact) mass is 116 g/mol. The van der Waals surface area contributed by atoms with Crippen LogP contribution in [-0.2, 0) is 0 Å². The van der Waals surface area contributed by atoms with Gasteiger partial charge in [-0.3, -0.25) is 0 Å². The van der Waals surface area contributed by atoms with E-state index in [1.807, 2.05) is 0 Å². The number of rotatable bonds is 2. The lowest BCUT2D eigenvalue weighted by Crippen LogP contribution is -1.81. The van der Waals surface area contributed by atoms with Gasteiger partial charge in [-0.05, 0) is 11.3 Å². The zero-order valence-corrected chi connectivity index (χ0v) is 5.78. The van der Waals surface area contributed by atoms with E-state index in [0.29, 0.717) is 5.92 Å². The first kappa shape index (κ1) is 7.09. The van der Waals surface area contributed by atoms with E-state index in [1.165, 1.54) is 6.42 Å². The predicted molar refractivity (Wildman–Crippen MR) is 37.6 cm³/mol. The van der Waals surface area contributed by atoms with Gasteiger partial charge in [-0.2, -0.15) is 12.6 Å². The maximum atomic E-state index is 3.93. The van der Waals surface area contributed by atoms with Gasteiger partial charge in [0, 0.05) is 0 Å². The topological polar surface area (TPSA) is 0 Å². The lowest BCUT2D eigenvalue weighted by molar-refractivity contribution is 0.699. The molecule has 1 heteroatoms. The van der Waals surface area contributed by atoms with E-state index in [9.17, 15) is 0 Å². The molecule has 0 amide bonds. The van der Waals surface area contributed by atoms with Crippen molar-refractivity contribution in [1.82, 2.24) is 0 Å². The van der Waals surface area contributed by atoms with Crippen LogP contribution < -0.4 is 0 Å². The maximum Gasteiger partial charge on any atom is -0.0257 e. The first-order valence-electron chi connectivity index (χ1n) is 2.62. The number of hydrogen-bond acceptors (Lipinski definition) is 1. The van der Waals surface area contributed by atoms with Crippen molar-refractivity contribution in [3.8, 4) is 0 Å². The number of allylic oxidation sites excluding steroid dienone is 1. The second-order valence-corrected chi connectivity index (χ2v) is 2.03. The van der Waals surface area contributed by atoms with Crippen molar-refractivity contribution in [3.05, 3.63) is 11.5 Å². The number of hydrogen-bond donors (Lipinski definition) is 1. The Balaban J connectivity index is 3.16. The maximum absolute atomic E-state index is 3.93. The normalized spacial score (nSPS) is 15.3. The smallest absolute Gasteiger partial charge is 0.0257 e. The van der Waals surface area contributed by atoms with Gasteiger partial charge in [0.25, 0.3) is 0 Å². The molecule has 42 valence electrons. The van der Waals surface area contributed by atoms with Crippen molar-refractivity contribution in [2.45, 2.75) is 20.3 Å². The summed E-state index contributed by atoms with van der Waals surface area (Å²) < 4.78 is 0. The van der Waals surface area contributed by atoms with Crippen molar-refractivity contribution < 1.29 is 0 Å². The van der Waals surface area contributed by atoms with Gasteiger partial charge in [-0.15, -0.1) is 0 Å². The minimum Gasteiger partial charge on any atom is -0.152 e. The van der Waals surface area contributed by atoms with Crippen LogP contribution in [0.2, 0.25) is 0 Å². The fourth-order valence-electron chi connectivity index (χ4n) is 0.283. The number of thiol groups is 1. The molecule has 0 fully saturated rings. The lowest BCUT2D eigenvalue weighted by atomic mass is 10.1. The van der Waals surface area contributed by atoms with Crippen molar-refractivity contribution >= 4 is 12.6 Å². The fourth-order valence-corrected chi connectivity index (χ4v) is 0.577. The van der Waals surface area contributed by atoms with Gasteiger partial charge in [0.05, 0.1) is 0 Å². The Morgan fingerprint density at radius 3 is 2.43 bits per heavy atom. The van der Waals surface area contributed by atoms with Crippen LogP contribution in [0.1, 0.15) is 20.3 Å². The van der Waals surface area contributed by atoms with Gasteiger partial charge < -0.3 is 0 Å². The van der Waals surface area contributed by atoms with E-state index in [4.69, 9.17) is 0 Å². The molecule has 0 aromatic rings. The SMILES string of the molecule is CCC(C)C=CS. The Kier molecular flexibility index (Phi) is 4.31. The summed E-state index contributed by atoms with van der Waals surface area (Å²) in [6.07, 6.45) is 3.29. The molecule has 1 unspecified atom stereocenters. The Morgan fingerprint density at radius 2 is 2.29 bits per heavy atom. The second-order valence-electron chi connectivity index (χ2n) is 1.73. The summed E-state index contributed by atoms with van der Waals surface area (Å²) in [6.45, 7) is 4.34. The summed E-state index contributed by atoms with van der Waals surface area (Å²) >= 11 is 3.93. The van der Waals surface area contributed by atoms with Crippen LogP contribution in [0.5, 0.6) is 0 Å². The molecular formula is C6H12S. The van der Waals surface area contributed by atoms with E-state index in [-0.39, 0.29) is 0 Å². The zero-order valence-electron chi connectivity index (χ0n) is 4.89. The van der Waals surface area contributed by atoms with Gasteiger partial charge in [-0.1, -0.05) is 26.3 Å². The molecule has 0 aromatic heterocycles. The Morgan fingerprint density at radius 1 is 1.71 bits per heavy atom. The highest BCUT2D eigenvalue weighted by atomic mass is 32.1. The molecule has 0 bridgehead atoms. The van der Waals surface area contributed by atoms with Crippen molar-refractivity contribution in [2.75, 3.05) is 0 Å². The van der Waals surface area contributed by atoms with Crippen molar-refractivity contribution in [2.24, 2.45) is 5.92 Å². The highest BCUT2D eigenvalue weighted by molar-refractivity contribution is 7.83. The molecule has 0 N–H and O–H groups in total. The van der Waals surface area contributed by atoms with Gasteiger partial charge in [0.2, 0.25) is 0 Å². The Labute approximate surface area is 51.0 Å². The molecule has 0 aromatic carbocycles. The van der Waals surface area contributed by atoms with Crippen molar-refractivity contribution in [3.63, 3.8) is 0 Å². The van der Waals surface area contributed by atoms with Crippen LogP contribution in [0.15, 0.2) is 11.5 Å². The third kappa shape index (κ3) is 3.93. The average molecular weight is 116 g/mol. The van der Waals surface area contributed by atoms with Crippen LogP contribution in [-0.4, -0.2) is 0 Å². The Bertz CT molecular complexity index is 57.2. The molecule has 0 aliphatic carbocycles. The summed E-state index contributed by atoms with van der Waals surface area (Å²) in [5, 5.41) is 1.80. The summed E-state index contributed by atoms with van der Waals surface area (Å²) in [5.41, 5.74) is 0. The third-order valence-corrected chi connectivity index (χ3v) is 1.23. The van der Waals surface area contributed by atoms with E-state index in [0.717, 1.165) is 0 Å². The standard InChI is InChI=1S/C6H12S/c1-3-6(2)4-5-7/h4-7H,3H2,1-2H3. The average Bonchev–Trinajstić information content (AvgIpc) is 1.68. The zero-order chi connectivity index (χ0) is 5.70. The van der Waals surface area contributed by atoms with Crippen molar-refractivity contribution in [1.29, 1.82) is 0 Å². The molecule has 7 heavy (non-hydrogen) atoms. The first-order valence-corrected chi connectivity index (χ1v) is 3.13. The molecule has 0 aliphatic rings. The van der Waals surface area contributed by atoms with Crippen LogP contribution in [0.25, 0.3) is 0 Å². The molecular weight excluding hydrogens is 104 g/mol. The van der Waals surface area contributed by atoms with E-state index in [2.05, 4.69) is 32.6 Å².